The number of carbonyl (C=O) groups excluding carboxylic acids is 1. The normalized spacial score (nSPS) is 16.2. The SMILES string of the molecule is Cc1cc(-c2cn[nH]c2)cc2c(N3CCc4ccc(NC(=O)C(C)(C)N5CCCC5)cc4C3)ncnc12. The molecule has 4 aromatic rings. The highest BCUT2D eigenvalue weighted by atomic mass is 16.2. The molecule has 0 spiro atoms. The smallest absolute Gasteiger partial charge is 0.244 e. The zero-order chi connectivity index (χ0) is 25.6. The maximum Gasteiger partial charge on any atom is 0.244 e. The Labute approximate surface area is 217 Å². The van der Waals surface area contributed by atoms with Gasteiger partial charge < -0.3 is 10.2 Å². The Bertz CT molecular complexity index is 1450. The van der Waals surface area contributed by atoms with Crippen LogP contribution in [0.3, 0.4) is 0 Å². The van der Waals surface area contributed by atoms with Gasteiger partial charge >= 0.3 is 0 Å². The number of amides is 1. The van der Waals surface area contributed by atoms with E-state index in [2.05, 4.69) is 61.5 Å². The topological polar surface area (TPSA) is 90.0 Å². The molecule has 0 atom stereocenters. The van der Waals surface area contributed by atoms with Crippen molar-refractivity contribution in [2.24, 2.45) is 0 Å². The molecule has 0 saturated carbocycles. The minimum Gasteiger partial charge on any atom is -0.351 e. The molecule has 1 fully saturated rings. The molecule has 2 aliphatic heterocycles. The summed E-state index contributed by atoms with van der Waals surface area (Å²) >= 11 is 0. The number of aromatic amines is 1. The van der Waals surface area contributed by atoms with Crippen molar-refractivity contribution >= 4 is 28.3 Å². The maximum atomic E-state index is 13.2. The van der Waals surface area contributed by atoms with E-state index in [-0.39, 0.29) is 5.91 Å². The van der Waals surface area contributed by atoms with Gasteiger partial charge in [0, 0.05) is 35.9 Å². The van der Waals surface area contributed by atoms with E-state index < -0.39 is 5.54 Å². The van der Waals surface area contributed by atoms with Gasteiger partial charge in [0.1, 0.15) is 12.1 Å². The number of nitrogens with zero attached hydrogens (tertiary/aromatic N) is 5. The first-order chi connectivity index (χ1) is 17.9. The van der Waals surface area contributed by atoms with Crippen LogP contribution in [0.2, 0.25) is 0 Å². The molecule has 190 valence electrons. The van der Waals surface area contributed by atoms with Crippen LogP contribution in [0.4, 0.5) is 11.5 Å². The van der Waals surface area contributed by atoms with Gasteiger partial charge in [0.2, 0.25) is 5.91 Å². The summed E-state index contributed by atoms with van der Waals surface area (Å²) in [5.74, 6) is 0.986. The molecular weight excluding hydrogens is 462 g/mol. The van der Waals surface area contributed by atoms with Gasteiger partial charge in [0.15, 0.2) is 0 Å². The Hall–Kier alpha value is -3.78. The number of aromatic nitrogens is 4. The molecule has 0 radical (unpaired) electrons. The third kappa shape index (κ3) is 4.35. The number of aryl methyl sites for hydroxylation is 1. The molecule has 37 heavy (non-hydrogen) atoms. The molecule has 8 nitrogen and oxygen atoms in total. The number of anilines is 2. The minimum absolute atomic E-state index is 0.0473. The second-order valence-electron chi connectivity index (χ2n) is 10.7. The van der Waals surface area contributed by atoms with E-state index in [0.29, 0.717) is 0 Å². The fraction of sp³-hybridized carbons (Fsp3) is 0.379. The Kier molecular flexibility index (Phi) is 5.91. The predicted molar refractivity (Wildman–Crippen MR) is 147 cm³/mol. The number of nitrogens with one attached hydrogen (secondary N) is 2. The largest absolute Gasteiger partial charge is 0.351 e. The average molecular weight is 496 g/mol. The minimum atomic E-state index is -0.525. The van der Waals surface area contributed by atoms with Crippen LogP contribution in [-0.4, -0.2) is 56.1 Å². The Morgan fingerprint density at radius 2 is 1.86 bits per heavy atom. The number of rotatable bonds is 5. The second-order valence-corrected chi connectivity index (χ2v) is 10.7. The van der Waals surface area contributed by atoms with Gasteiger partial charge in [-0.15, -0.1) is 0 Å². The van der Waals surface area contributed by atoms with E-state index in [1.807, 2.05) is 32.3 Å². The fourth-order valence-electron chi connectivity index (χ4n) is 5.68. The molecule has 8 heteroatoms. The molecule has 1 amide bonds. The van der Waals surface area contributed by atoms with E-state index in [1.54, 1.807) is 6.33 Å². The molecule has 1 saturated heterocycles. The lowest BCUT2D eigenvalue weighted by Crippen LogP contribution is -2.51. The van der Waals surface area contributed by atoms with Crippen molar-refractivity contribution in [3.05, 3.63) is 65.7 Å². The summed E-state index contributed by atoms with van der Waals surface area (Å²) in [6.45, 7) is 9.70. The van der Waals surface area contributed by atoms with Gasteiger partial charge in [0.25, 0.3) is 0 Å². The molecule has 6 rings (SSSR count). The summed E-state index contributed by atoms with van der Waals surface area (Å²) in [6, 6.07) is 10.6. The van der Waals surface area contributed by atoms with Crippen molar-refractivity contribution < 1.29 is 4.79 Å². The van der Waals surface area contributed by atoms with E-state index in [1.165, 1.54) is 11.1 Å². The third-order valence-electron chi connectivity index (χ3n) is 7.97. The first kappa shape index (κ1) is 23.6. The maximum absolute atomic E-state index is 13.2. The van der Waals surface area contributed by atoms with E-state index >= 15 is 0 Å². The number of likely N-dealkylation sites (tertiary alicyclic amines) is 1. The second kappa shape index (κ2) is 9.27. The van der Waals surface area contributed by atoms with Crippen molar-refractivity contribution in [2.45, 2.75) is 52.1 Å². The zero-order valence-electron chi connectivity index (χ0n) is 21.7. The van der Waals surface area contributed by atoms with Crippen molar-refractivity contribution in [3.8, 4) is 11.1 Å². The Balaban J connectivity index is 1.28. The molecule has 4 heterocycles. The van der Waals surface area contributed by atoms with Crippen molar-refractivity contribution in [2.75, 3.05) is 29.9 Å². The number of carbonyl (C=O) groups is 1. The van der Waals surface area contributed by atoms with E-state index in [0.717, 1.165) is 84.5 Å². The number of hydrogen-bond donors (Lipinski definition) is 2. The molecule has 0 unspecified atom stereocenters. The zero-order valence-corrected chi connectivity index (χ0v) is 21.7. The van der Waals surface area contributed by atoms with Crippen LogP contribution in [0, 0.1) is 6.92 Å². The summed E-state index contributed by atoms with van der Waals surface area (Å²) in [5.41, 5.74) is 7.08. The lowest BCUT2D eigenvalue weighted by molar-refractivity contribution is -0.125. The number of H-pyrrole nitrogens is 1. The molecule has 0 aliphatic carbocycles. The summed E-state index contributed by atoms with van der Waals surface area (Å²) in [4.78, 5) is 27.1. The molecule has 2 aromatic carbocycles. The fourth-order valence-corrected chi connectivity index (χ4v) is 5.68. The highest BCUT2D eigenvalue weighted by molar-refractivity contribution is 5.98. The molecule has 2 N–H and O–H groups in total. The van der Waals surface area contributed by atoms with Crippen LogP contribution in [0.15, 0.2) is 49.1 Å². The Morgan fingerprint density at radius 3 is 2.65 bits per heavy atom. The average Bonchev–Trinajstić information content (AvgIpc) is 3.63. The van der Waals surface area contributed by atoms with Crippen LogP contribution >= 0.6 is 0 Å². The molecule has 0 bridgehead atoms. The summed E-state index contributed by atoms with van der Waals surface area (Å²) in [7, 11) is 0. The quantitative estimate of drug-likeness (QED) is 0.417. The molecule has 2 aromatic heterocycles. The number of hydrogen-bond acceptors (Lipinski definition) is 6. The predicted octanol–water partition coefficient (Wildman–Crippen LogP) is 4.70. The lowest BCUT2D eigenvalue weighted by atomic mass is 9.97. The van der Waals surface area contributed by atoms with Gasteiger partial charge in [-0.05, 0) is 99.6 Å². The first-order valence-corrected chi connectivity index (χ1v) is 13.1. The van der Waals surface area contributed by atoms with Gasteiger partial charge in [-0.3, -0.25) is 14.8 Å². The summed E-state index contributed by atoms with van der Waals surface area (Å²) in [6.07, 6.45) is 8.64. The van der Waals surface area contributed by atoms with Crippen molar-refractivity contribution in [3.63, 3.8) is 0 Å². The summed E-state index contributed by atoms with van der Waals surface area (Å²) < 4.78 is 0. The van der Waals surface area contributed by atoms with Gasteiger partial charge in [-0.25, -0.2) is 9.97 Å². The third-order valence-corrected chi connectivity index (χ3v) is 7.97. The van der Waals surface area contributed by atoms with E-state index in [4.69, 9.17) is 4.98 Å². The monoisotopic (exact) mass is 495 g/mol. The van der Waals surface area contributed by atoms with Gasteiger partial charge in [-0.1, -0.05) is 6.07 Å². The van der Waals surface area contributed by atoms with Crippen LogP contribution < -0.4 is 10.2 Å². The van der Waals surface area contributed by atoms with Crippen molar-refractivity contribution in [1.29, 1.82) is 0 Å². The Morgan fingerprint density at radius 1 is 1.03 bits per heavy atom. The van der Waals surface area contributed by atoms with Gasteiger partial charge in [-0.2, -0.15) is 5.10 Å². The highest BCUT2D eigenvalue weighted by Crippen LogP contribution is 2.34. The highest BCUT2D eigenvalue weighted by Gasteiger charge is 2.36. The standard InChI is InChI=1S/C29H33N7O/c1-19-12-21(23-15-32-33-16-23)14-25-26(19)30-18-31-27(25)35-11-8-20-6-7-24(13-22(20)17-35)34-28(37)29(2,3)36-9-4-5-10-36/h6-7,12-16,18H,4-5,8-11,17H2,1-3H3,(H,32,33)(H,34,37). The van der Waals surface area contributed by atoms with Crippen molar-refractivity contribution in [1.82, 2.24) is 25.1 Å². The van der Waals surface area contributed by atoms with Crippen LogP contribution in [0.5, 0.6) is 0 Å². The number of fused-ring (bicyclic) bond motifs is 2. The van der Waals surface area contributed by atoms with E-state index in [9.17, 15) is 4.79 Å². The molecule has 2 aliphatic rings. The first-order valence-electron chi connectivity index (χ1n) is 13.1. The van der Waals surface area contributed by atoms with Gasteiger partial charge in [0.05, 0.1) is 17.3 Å². The molecular formula is C29H33N7O. The lowest BCUT2D eigenvalue weighted by Gasteiger charge is -2.34. The summed E-state index contributed by atoms with van der Waals surface area (Å²) in [5, 5.41) is 11.2. The van der Waals surface area contributed by atoms with Crippen LogP contribution in [0.25, 0.3) is 22.0 Å². The van der Waals surface area contributed by atoms with Crippen LogP contribution in [0.1, 0.15) is 43.4 Å². The number of benzene rings is 2. The van der Waals surface area contributed by atoms with Crippen LogP contribution in [-0.2, 0) is 17.8 Å².